The minimum atomic E-state index is -1.16. The molecule has 0 aromatic heterocycles. The van der Waals surface area contributed by atoms with Crippen LogP contribution in [-0.2, 0) is 11.3 Å². The van der Waals surface area contributed by atoms with E-state index in [2.05, 4.69) is 0 Å². The van der Waals surface area contributed by atoms with Crippen LogP contribution in [0.5, 0.6) is 0 Å². The smallest absolute Gasteiger partial charge is 0.257 e. The van der Waals surface area contributed by atoms with E-state index in [9.17, 15) is 22.4 Å². The molecule has 0 aliphatic carbocycles. The van der Waals surface area contributed by atoms with Gasteiger partial charge >= 0.3 is 0 Å². The summed E-state index contributed by atoms with van der Waals surface area (Å²) < 4.78 is 61.7. The van der Waals surface area contributed by atoms with Crippen molar-refractivity contribution in [3.8, 4) is 0 Å². The van der Waals surface area contributed by atoms with Crippen LogP contribution in [0, 0.1) is 23.3 Å². The second-order valence-electron chi connectivity index (χ2n) is 8.25. The molecule has 4 nitrogen and oxygen atoms in total. The van der Waals surface area contributed by atoms with E-state index >= 15 is 0 Å². The van der Waals surface area contributed by atoms with Gasteiger partial charge in [-0.25, -0.2) is 17.6 Å². The van der Waals surface area contributed by atoms with Crippen LogP contribution in [0.1, 0.15) is 27.6 Å². The Morgan fingerprint density at radius 2 is 1.46 bits per heavy atom. The Labute approximate surface area is 205 Å². The van der Waals surface area contributed by atoms with Crippen molar-refractivity contribution in [2.75, 3.05) is 32.7 Å². The van der Waals surface area contributed by atoms with E-state index < -0.39 is 35.3 Å². The molecule has 1 aliphatic rings. The Morgan fingerprint density at radius 3 is 2.11 bits per heavy atom. The first-order chi connectivity index (χ1) is 16.8. The molecule has 0 bridgehead atoms. The Bertz CT molecular complexity index is 1160. The maximum absolute atomic E-state index is 14.1. The Balaban J connectivity index is 1.42. The van der Waals surface area contributed by atoms with Gasteiger partial charge < -0.3 is 9.64 Å². The SMILES string of the molecule is O=C(c1cccc(F)c1F)N1CCN(C[C@@H](OCc2c(F)cccc2F)c2ccc(Cl)cc2)CC1. The number of piperazine rings is 1. The number of nitrogens with zero attached hydrogens (tertiary/aromatic N) is 2. The molecule has 0 saturated carbocycles. The van der Waals surface area contributed by atoms with Crippen molar-refractivity contribution >= 4 is 17.5 Å². The summed E-state index contributed by atoms with van der Waals surface area (Å²) in [5, 5.41) is 0.546. The van der Waals surface area contributed by atoms with E-state index in [0.29, 0.717) is 37.7 Å². The van der Waals surface area contributed by atoms with Crippen LogP contribution in [0.25, 0.3) is 0 Å². The van der Waals surface area contributed by atoms with Crippen molar-refractivity contribution in [3.05, 3.63) is 106 Å². The number of carbonyl (C=O) groups excluding carboxylic acids is 1. The summed E-state index contributed by atoms with van der Waals surface area (Å²) >= 11 is 6.00. The van der Waals surface area contributed by atoms with Gasteiger partial charge in [0.2, 0.25) is 0 Å². The molecule has 3 aromatic rings. The molecule has 1 heterocycles. The zero-order valence-electron chi connectivity index (χ0n) is 18.7. The van der Waals surface area contributed by atoms with Gasteiger partial charge in [-0.3, -0.25) is 9.69 Å². The summed E-state index contributed by atoms with van der Waals surface area (Å²) in [7, 11) is 0. The largest absolute Gasteiger partial charge is 0.367 e. The van der Waals surface area contributed by atoms with E-state index in [1.807, 2.05) is 4.90 Å². The molecule has 0 spiro atoms. The molecule has 0 radical (unpaired) electrons. The van der Waals surface area contributed by atoms with Gasteiger partial charge in [0.25, 0.3) is 5.91 Å². The molecule has 1 aliphatic heterocycles. The van der Waals surface area contributed by atoms with E-state index in [1.165, 1.54) is 35.2 Å². The fourth-order valence-corrected chi connectivity index (χ4v) is 4.12. The van der Waals surface area contributed by atoms with Crippen LogP contribution in [0.15, 0.2) is 60.7 Å². The molecular formula is C26H23ClF4N2O2. The van der Waals surface area contributed by atoms with E-state index in [0.717, 1.165) is 11.6 Å². The monoisotopic (exact) mass is 506 g/mol. The first-order valence-electron chi connectivity index (χ1n) is 11.1. The predicted molar refractivity (Wildman–Crippen MR) is 124 cm³/mol. The lowest BCUT2D eigenvalue weighted by Gasteiger charge is -2.36. The summed E-state index contributed by atoms with van der Waals surface area (Å²) in [5.74, 6) is -4.16. The van der Waals surface area contributed by atoms with Gasteiger partial charge in [0.1, 0.15) is 11.6 Å². The second kappa shape index (κ2) is 11.2. The van der Waals surface area contributed by atoms with E-state index in [1.54, 1.807) is 24.3 Å². The van der Waals surface area contributed by atoms with Gasteiger partial charge in [-0.1, -0.05) is 35.9 Å². The number of halogens is 5. The molecular weight excluding hydrogens is 484 g/mol. The summed E-state index contributed by atoms with van der Waals surface area (Å²) in [4.78, 5) is 16.2. The van der Waals surface area contributed by atoms with Crippen molar-refractivity contribution in [2.45, 2.75) is 12.7 Å². The minimum Gasteiger partial charge on any atom is -0.367 e. The molecule has 4 rings (SSSR count). The number of carbonyl (C=O) groups is 1. The molecule has 1 fully saturated rings. The minimum absolute atomic E-state index is 0.154. The van der Waals surface area contributed by atoms with Crippen LogP contribution in [0.2, 0.25) is 5.02 Å². The van der Waals surface area contributed by atoms with Crippen molar-refractivity contribution < 1.29 is 27.1 Å². The van der Waals surface area contributed by atoms with Gasteiger partial charge in [0.05, 0.1) is 18.3 Å². The lowest BCUT2D eigenvalue weighted by molar-refractivity contribution is 0.00140. The molecule has 1 atom stereocenters. The van der Waals surface area contributed by atoms with Crippen LogP contribution < -0.4 is 0 Å². The van der Waals surface area contributed by atoms with Crippen LogP contribution in [0.3, 0.4) is 0 Å². The third kappa shape index (κ3) is 6.01. The first-order valence-corrected chi connectivity index (χ1v) is 11.5. The van der Waals surface area contributed by atoms with Crippen LogP contribution in [-0.4, -0.2) is 48.4 Å². The summed E-state index contributed by atoms with van der Waals surface area (Å²) in [6.07, 6.45) is -0.519. The number of ether oxygens (including phenoxy) is 1. The number of rotatable bonds is 7. The average Bonchev–Trinajstić information content (AvgIpc) is 2.85. The van der Waals surface area contributed by atoms with Gasteiger partial charge in [-0.05, 0) is 42.0 Å². The van der Waals surface area contributed by atoms with Gasteiger partial charge in [0.15, 0.2) is 11.6 Å². The third-order valence-electron chi connectivity index (χ3n) is 6.00. The van der Waals surface area contributed by atoms with Crippen LogP contribution >= 0.6 is 11.6 Å². The Kier molecular flexibility index (Phi) is 8.05. The quantitative estimate of drug-likeness (QED) is 0.390. The second-order valence-corrected chi connectivity index (χ2v) is 8.68. The first kappa shape index (κ1) is 25.2. The Hall–Kier alpha value is -2.94. The fraction of sp³-hybridized carbons (Fsp3) is 0.269. The van der Waals surface area contributed by atoms with E-state index in [-0.39, 0.29) is 17.7 Å². The summed E-state index contributed by atoms with van der Waals surface area (Å²) in [6, 6.07) is 14.2. The number of hydrogen-bond acceptors (Lipinski definition) is 3. The fourth-order valence-electron chi connectivity index (χ4n) is 3.99. The van der Waals surface area contributed by atoms with Crippen molar-refractivity contribution in [1.82, 2.24) is 9.80 Å². The lowest BCUT2D eigenvalue weighted by Crippen LogP contribution is -2.49. The zero-order chi connectivity index (χ0) is 24.9. The number of benzene rings is 3. The summed E-state index contributed by atoms with van der Waals surface area (Å²) in [6.45, 7) is 1.68. The Morgan fingerprint density at radius 1 is 0.857 bits per heavy atom. The maximum atomic E-state index is 14.1. The highest BCUT2D eigenvalue weighted by molar-refractivity contribution is 6.30. The lowest BCUT2D eigenvalue weighted by atomic mass is 10.1. The van der Waals surface area contributed by atoms with Crippen molar-refractivity contribution in [1.29, 1.82) is 0 Å². The highest BCUT2D eigenvalue weighted by atomic mass is 35.5. The molecule has 0 N–H and O–H groups in total. The van der Waals surface area contributed by atoms with Gasteiger partial charge in [-0.15, -0.1) is 0 Å². The number of amides is 1. The van der Waals surface area contributed by atoms with Crippen molar-refractivity contribution in [3.63, 3.8) is 0 Å². The van der Waals surface area contributed by atoms with Crippen LogP contribution in [0.4, 0.5) is 17.6 Å². The predicted octanol–water partition coefficient (Wildman–Crippen LogP) is 5.61. The zero-order valence-corrected chi connectivity index (χ0v) is 19.5. The van der Waals surface area contributed by atoms with Crippen molar-refractivity contribution in [2.24, 2.45) is 0 Å². The summed E-state index contributed by atoms with van der Waals surface area (Å²) in [5.41, 5.74) is 0.332. The average molecular weight is 507 g/mol. The maximum Gasteiger partial charge on any atom is 0.257 e. The normalized spacial score (nSPS) is 15.3. The molecule has 9 heteroatoms. The highest BCUT2D eigenvalue weighted by Crippen LogP contribution is 2.25. The standard InChI is InChI=1S/C26H23ClF4N2O2/c27-18-9-7-17(8-10-18)24(35-16-20-21(28)4-2-5-22(20)29)15-32-11-13-33(14-12-32)26(34)19-3-1-6-23(30)25(19)31/h1-10,24H,11-16H2/t24-/m1/s1. The third-order valence-corrected chi connectivity index (χ3v) is 6.25. The highest BCUT2D eigenvalue weighted by Gasteiger charge is 2.27. The molecule has 35 heavy (non-hydrogen) atoms. The molecule has 1 amide bonds. The van der Waals surface area contributed by atoms with Gasteiger partial charge in [0, 0.05) is 43.3 Å². The molecule has 0 unspecified atom stereocenters. The van der Waals surface area contributed by atoms with Gasteiger partial charge in [-0.2, -0.15) is 0 Å². The molecule has 1 saturated heterocycles. The van der Waals surface area contributed by atoms with E-state index in [4.69, 9.17) is 16.3 Å². The topological polar surface area (TPSA) is 32.8 Å². The molecule has 184 valence electrons. The molecule has 3 aromatic carbocycles. The number of hydrogen-bond donors (Lipinski definition) is 0.